The second-order valence-corrected chi connectivity index (χ2v) is 11.9. The molecule has 0 amide bonds. The summed E-state index contributed by atoms with van der Waals surface area (Å²) < 4.78 is 3.11. The first kappa shape index (κ1) is 9.39. The van der Waals surface area contributed by atoms with E-state index in [1.165, 1.54) is 10.2 Å². The van der Waals surface area contributed by atoms with Gasteiger partial charge in [0.2, 0.25) is 0 Å². The van der Waals surface area contributed by atoms with Crippen molar-refractivity contribution in [3.8, 4) is 0 Å². The summed E-state index contributed by atoms with van der Waals surface area (Å²) in [5, 5.41) is 0. The Bertz CT molecular complexity index is 85.5. The van der Waals surface area contributed by atoms with Crippen LogP contribution in [0, 0.1) is 0 Å². The van der Waals surface area contributed by atoms with E-state index in [4.69, 9.17) is 0 Å². The fraction of sp³-hybridized carbons (Fsp3) is 1.00. The number of hydrogen-bond donors (Lipinski definition) is 0. The Morgan fingerprint density at radius 2 is 1.67 bits per heavy atom. The van der Waals surface area contributed by atoms with Gasteiger partial charge in [-0.15, -0.1) is 0 Å². The lowest BCUT2D eigenvalue weighted by Gasteiger charge is -2.31. The van der Waals surface area contributed by atoms with Crippen LogP contribution in [0.15, 0.2) is 0 Å². The molecule has 0 aliphatic rings. The zero-order valence-electron chi connectivity index (χ0n) is 7.52. The highest BCUT2D eigenvalue weighted by molar-refractivity contribution is 6.66. The highest BCUT2D eigenvalue weighted by Crippen LogP contribution is 2.22. The molecule has 0 bridgehead atoms. The van der Waals surface area contributed by atoms with Gasteiger partial charge in [-0.2, -0.15) is 0 Å². The van der Waals surface area contributed by atoms with Crippen molar-refractivity contribution in [2.75, 3.05) is 14.1 Å². The van der Waals surface area contributed by atoms with Gasteiger partial charge in [0.1, 0.15) is 8.96 Å². The molecule has 0 saturated carbocycles. The number of hydrogen-bond acceptors (Lipinski definition) is 1. The van der Waals surface area contributed by atoms with Crippen LogP contribution in [0.4, 0.5) is 0 Å². The molecule has 0 radical (unpaired) electrons. The zero-order chi connectivity index (χ0) is 7.65. The van der Waals surface area contributed by atoms with E-state index in [1.807, 2.05) is 0 Å². The number of rotatable bonds is 2. The predicted molar refractivity (Wildman–Crippen MR) is 50.7 cm³/mol. The first-order chi connectivity index (χ1) is 3.85. The minimum Gasteiger partial charge on any atom is -0.331 e. The third kappa shape index (κ3) is 3.18. The first-order valence-corrected chi connectivity index (χ1v) is 6.77. The van der Waals surface area contributed by atoms with E-state index in [0.29, 0.717) is 4.66 Å². The maximum atomic E-state index is 2.42. The molecule has 9 heavy (non-hydrogen) atoms. The lowest BCUT2D eigenvalue weighted by atomic mass is 10.5. The second-order valence-electron chi connectivity index (χ2n) is 4.01. The molecule has 0 heterocycles. The summed E-state index contributed by atoms with van der Waals surface area (Å²) in [4.78, 5) is 0. The minimum atomic E-state index is -0.569. The van der Waals surface area contributed by atoms with Crippen LogP contribution in [-0.2, 0) is 0 Å². The summed E-state index contributed by atoms with van der Waals surface area (Å²) in [5.74, 6) is 0. The lowest BCUT2D eigenvalue weighted by Crippen LogP contribution is -2.39. The van der Waals surface area contributed by atoms with Crippen LogP contribution < -0.4 is 0 Å². The Balaban J connectivity index is 3.88. The van der Waals surface area contributed by atoms with Crippen molar-refractivity contribution in [3.63, 3.8) is 0 Å². The standard InChI is InChI=1S/C6H19NSi2/c1-6(2,8)9(5)7(3)4/h9H,1-5,8H3. The average molecular weight is 161 g/mol. The van der Waals surface area contributed by atoms with Gasteiger partial charge >= 0.3 is 0 Å². The van der Waals surface area contributed by atoms with Gasteiger partial charge in [0.25, 0.3) is 0 Å². The van der Waals surface area contributed by atoms with Crippen molar-refractivity contribution in [1.82, 2.24) is 4.57 Å². The Labute approximate surface area is 63.6 Å². The van der Waals surface area contributed by atoms with E-state index >= 15 is 0 Å². The molecule has 3 heteroatoms. The van der Waals surface area contributed by atoms with Gasteiger partial charge in [0.15, 0.2) is 0 Å². The third-order valence-electron chi connectivity index (χ3n) is 2.03. The van der Waals surface area contributed by atoms with Gasteiger partial charge in [-0.05, 0) is 18.8 Å². The van der Waals surface area contributed by atoms with Crippen LogP contribution in [0.3, 0.4) is 0 Å². The largest absolute Gasteiger partial charge is 0.331 e. The van der Waals surface area contributed by atoms with Crippen LogP contribution in [0.2, 0.25) is 11.2 Å². The normalized spacial score (nSPS) is 16.7. The van der Waals surface area contributed by atoms with Crippen LogP contribution in [0.25, 0.3) is 0 Å². The van der Waals surface area contributed by atoms with Crippen molar-refractivity contribution in [2.45, 2.75) is 25.1 Å². The molecular weight excluding hydrogens is 142 g/mol. The smallest absolute Gasteiger partial charge is 0.110 e. The monoisotopic (exact) mass is 161 g/mol. The molecule has 0 fully saturated rings. The quantitative estimate of drug-likeness (QED) is 0.516. The first-order valence-electron chi connectivity index (χ1n) is 3.52. The highest BCUT2D eigenvalue weighted by Gasteiger charge is 2.22. The average Bonchev–Trinajstić information content (AvgIpc) is 1.62. The summed E-state index contributed by atoms with van der Waals surface area (Å²) >= 11 is 0. The Kier molecular flexibility index (Phi) is 3.12. The zero-order valence-corrected chi connectivity index (χ0v) is 10.7. The molecule has 0 N–H and O–H groups in total. The van der Waals surface area contributed by atoms with Crippen LogP contribution in [0.1, 0.15) is 13.8 Å². The maximum Gasteiger partial charge on any atom is 0.110 e. The molecular formula is C6H19NSi2. The van der Waals surface area contributed by atoms with Crippen molar-refractivity contribution >= 4 is 19.2 Å². The van der Waals surface area contributed by atoms with E-state index in [-0.39, 0.29) is 0 Å². The van der Waals surface area contributed by atoms with Crippen LogP contribution >= 0.6 is 0 Å². The Hall–Kier alpha value is 0.394. The lowest BCUT2D eigenvalue weighted by molar-refractivity contribution is 0.615. The second kappa shape index (κ2) is 2.99. The molecule has 56 valence electrons. The molecule has 0 aromatic heterocycles. The molecule has 0 aromatic carbocycles. The molecule has 0 aromatic rings. The Morgan fingerprint density at radius 1 is 1.33 bits per heavy atom. The SMILES string of the molecule is CN(C)[SiH](C)C(C)(C)[SiH3]. The van der Waals surface area contributed by atoms with Gasteiger partial charge in [0, 0.05) is 10.2 Å². The summed E-state index contributed by atoms with van der Waals surface area (Å²) in [6.07, 6.45) is 0. The highest BCUT2D eigenvalue weighted by atomic mass is 28.3. The van der Waals surface area contributed by atoms with Gasteiger partial charge < -0.3 is 4.57 Å². The summed E-state index contributed by atoms with van der Waals surface area (Å²) in [7, 11) is 5.17. The molecule has 0 aliphatic carbocycles. The molecule has 0 spiro atoms. The predicted octanol–water partition coefficient (Wildman–Crippen LogP) is 0.00470. The molecule has 0 aliphatic heterocycles. The van der Waals surface area contributed by atoms with E-state index in [9.17, 15) is 0 Å². The van der Waals surface area contributed by atoms with Crippen molar-refractivity contribution in [1.29, 1.82) is 0 Å². The van der Waals surface area contributed by atoms with Crippen molar-refractivity contribution < 1.29 is 0 Å². The van der Waals surface area contributed by atoms with E-state index in [2.05, 4.69) is 39.1 Å². The fourth-order valence-electron chi connectivity index (χ4n) is 0.775. The molecule has 1 nitrogen and oxygen atoms in total. The maximum absolute atomic E-state index is 2.42. The third-order valence-corrected chi connectivity index (χ3v) is 8.59. The van der Waals surface area contributed by atoms with Gasteiger partial charge in [-0.1, -0.05) is 20.4 Å². The van der Waals surface area contributed by atoms with Gasteiger partial charge in [-0.3, -0.25) is 0 Å². The van der Waals surface area contributed by atoms with Crippen molar-refractivity contribution in [3.05, 3.63) is 0 Å². The van der Waals surface area contributed by atoms with E-state index in [0.717, 1.165) is 0 Å². The molecule has 1 atom stereocenters. The Morgan fingerprint density at radius 3 is 1.67 bits per heavy atom. The summed E-state index contributed by atoms with van der Waals surface area (Å²) in [6.45, 7) is 7.19. The fourth-order valence-corrected chi connectivity index (χ4v) is 3.87. The molecule has 1 unspecified atom stereocenters. The van der Waals surface area contributed by atoms with Crippen molar-refractivity contribution in [2.24, 2.45) is 0 Å². The number of nitrogens with zero attached hydrogens (tertiary/aromatic N) is 1. The van der Waals surface area contributed by atoms with Crippen LogP contribution in [-0.4, -0.2) is 37.9 Å². The van der Waals surface area contributed by atoms with E-state index < -0.39 is 8.96 Å². The van der Waals surface area contributed by atoms with Gasteiger partial charge in [0.05, 0.1) is 0 Å². The summed E-state index contributed by atoms with van der Waals surface area (Å²) in [5.41, 5.74) is 0. The minimum absolute atomic E-state index is 0.569. The topological polar surface area (TPSA) is 3.24 Å². The van der Waals surface area contributed by atoms with Crippen LogP contribution in [0.5, 0.6) is 0 Å². The van der Waals surface area contributed by atoms with Gasteiger partial charge in [-0.25, -0.2) is 0 Å². The summed E-state index contributed by atoms with van der Waals surface area (Å²) in [6, 6.07) is 0. The molecule has 0 saturated heterocycles. The molecule has 0 rings (SSSR count). The van der Waals surface area contributed by atoms with E-state index in [1.54, 1.807) is 0 Å².